The van der Waals surface area contributed by atoms with Gasteiger partial charge in [0.25, 0.3) is 0 Å². The van der Waals surface area contributed by atoms with Gasteiger partial charge in [0.1, 0.15) is 5.75 Å². The van der Waals surface area contributed by atoms with E-state index in [1.165, 1.54) is 30.5 Å². The Labute approximate surface area is 203 Å². The minimum absolute atomic E-state index is 0.599. The van der Waals surface area contributed by atoms with Gasteiger partial charge >= 0.3 is 0 Å². The van der Waals surface area contributed by atoms with E-state index in [0.29, 0.717) is 24.1 Å². The Balaban J connectivity index is 1.26. The molecule has 0 aliphatic carbocycles. The lowest BCUT2D eigenvalue weighted by Gasteiger charge is -2.41. The van der Waals surface area contributed by atoms with Gasteiger partial charge < -0.3 is 28.6 Å². The Morgan fingerprint density at radius 1 is 0.824 bits per heavy atom. The van der Waals surface area contributed by atoms with Crippen LogP contribution in [-0.4, -0.2) is 77.1 Å². The van der Waals surface area contributed by atoms with Crippen molar-refractivity contribution in [2.24, 2.45) is 0 Å². The number of hydrogen-bond acceptors (Lipinski definition) is 7. The number of benzene rings is 2. The molecule has 2 aliphatic heterocycles. The van der Waals surface area contributed by atoms with Crippen molar-refractivity contribution < 1.29 is 23.7 Å². The molecule has 7 nitrogen and oxygen atoms in total. The molecule has 4 rings (SSSR count). The highest BCUT2D eigenvalue weighted by atomic mass is 16.5. The number of methoxy groups -OCH3 is 4. The molecule has 2 aliphatic rings. The van der Waals surface area contributed by atoms with E-state index in [2.05, 4.69) is 21.9 Å². The minimum Gasteiger partial charge on any atom is -0.493 e. The van der Waals surface area contributed by atoms with E-state index in [9.17, 15) is 0 Å². The van der Waals surface area contributed by atoms with Crippen LogP contribution in [0.25, 0.3) is 0 Å². The highest BCUT2D eigenvalue weighted by Gasteiger charge is 2.28. The zero-order valence-electron chi connectivity index (χ0n) is 21.0. The molecule has 0 bridgehead atoms. The first-order chi connectivity index (χ1) is 16.6. The molecule has 0 spiro atoms. The summed E-state index contributed by atoms with van der Waals surface area (Å²) in [6.45, 7) is 6.12. The van der Waals surface area contributed by atoms with Crippen molar-refractivity contribution in [1.82, 2.24) is 9.80 Å². The average molecular weight is 471 g/mol. The van der Waals surface area contributed by atoms with Crippen molar-refractivity contribution >= 4 is 0 Å². The molecule has 2 aromatic rings. The van der Waals surface area contributed by atoms with E-state index in [0.717, 1.165) is 56.3 Å². The number of fused-ring (bicyclic) bond motifs is 1. The summed E-state index contributed by atoms with van der Waals surface area (Å²) in [5.74, 6) is 3.87. The lowest BCUT2D eigenvalue weighted by molar-refractivity contribution is 0.0844. The molecule has 7 heteroatoms. The van der Waals surface area contributed by atoms with Crippen molar-refractivity contribution in [3.8, 4) is 28.7 Å². The fraction of sp³-hybridized carbons (Fsp3) is 0.556. The summed E-state index contributed by atoms with van der Waals surface area (Å²) in [4.78, 5) is 5.25. The van der Waals surface area contributed by atoms with Crippen molar-refractivity contribution in [3.63, 3.8) is 0 Å². The molecular formula is C27H38N2O5. The zero-order valence-corrected chi connectivity index (χ0v) is 21.0. The van der Waals surface area contributed by atoms with Gasteiger partial charge in [-0.2, -0.15) is 0 Å². The van der Waals surface area contributed by atoms with Gasteiger partial charge in [-0.05, 0) is 67.6 Å². The van der Waals surface area contributed by atoms with Gasteiger partial charge in [-0.1, -0.05) is 0 Å². The Kier molecular flexibility index (Phi) is 8.40. The Hall–Kier alpha value is -2.64. The lowest BCUT2D eigenvalue weighted by atomic mass is 9.95. The van der Waals surface area contributed by atoms with Crippen LogP contribution < -0.4 is 23.7 Å². The van der Waals surface area contributed by atoms with Gasteiger partial charge in [0.15, 0.2) is 23.0 Å². The molecule has 186 valence electrons. The first-order valence-corrected chi connectivity index (χ1v) is 12.2. The van der Waals surface area contributed by atoms with Crippen molar-refractivity contribution in [3.05, 3.63) is 41.5 Å². The van der Waals surface area contributed by atoms with E-state index in [1.807, 2.05) is 18.2 Å². The second-order valence-corrected chi connectivity index (χ2v) is 9.01. The van der Waals surface area contributed by atoms with Crippen LogP contribution in [0.1, 0.15) is 30.4 Å². The molecule has 2 heterocycles. The Morgan fingerprint density at radius 3 is 2.26 bits per heavy atom. The summed E-state index contributed by atoms with van der Waals surface area (Å²) in [5, 5.41) is 0. The van der Waals surface area contributed by atoms with Crippen LogP contribution in [0.15, 0.2) is 30.3 Å². The quantitative estimate of drug-likeness (QED) is 0.486. The predicted octanol–water partition coefficient (Wildman–Crippen LogP) is 4.01. The smallest absolute Gasteiger partial charge is 0.164 e. The highest BCUT2D eigenvalue weighted by Crippen LogP contribution is 2.34. The summed E-state index contributed by atoms with van der Waals surface area (Å²) in [6, 6.07) is 10.6. The maximum Gasteiger partial charge on any atom is 0.164 e. The Bertz CT molecular complexity index is 951. The molecule has 1 fully saturated rings. The van der Waals surface area contributed by atoms with Crippen LogP contribution in [0.3, 0.4) is 0 Å². The van der Waals surface area contributed by atoms with E-state index in [1.54, 1.807) is 28.4 Å². The van der Waals surface area contributed by atoms with Gasteiger partial charge in [-0.15, -0.1) is 0 Å². The van der Waals surface area contributed by atoms with Crippen LogP contribution in [0.5, 0.6) is 28.7 Å². The van der Waals surface area contributed by atoms with Crippen LogP contribution in [0.4, 0.5) is 0 Å². The molecule has 2 aromatic carbocycles. The molecule has 1 saturated heterocycles. The molecule has 0 amide bonds. The topological polar surface area (TPSA) is 52.6 Å². The van der Waals surface area contributed by atoms with Crippen LogP contribution in [0, 0.1) is 0 Å². The minimum atomic E-state index is 0.599. The average Bonchev–Trinajstić information content (AvgIpc) is 2.89. The van der Waals surface area contributed by atoms with E-state index < -0.39 is 0 Å². The molecule has 0 N–H and O–H groups in total. The standard InChI is InChI=1S/C27H38N2O5/c1-30-24-9-8-23(17-27(24)33-4)34-14-6-12-28-11-5-7-22(19-28)29-13-10-20-15-25(31-2)26(32-3)16-21(20)18-29/h8-9,15-17,22H,5-7,10-14,18-19H2,1-4H3/t22-/m1/s1. The fourth-order valence-corrected chi connectivity index (χ4v) is 5.13. The summed E-state index contributed by atoms with van der Waals surface area (Å²) in [7, 11) is 6.69. The number of piperidine rings is 1. The van der Waals surface area contributed by atoms with E-state index in [4.69, 9.17) is 23.7 Å². The van der Waals surface area contributed by atoms with Gasteiger partial charge in [-0.25, -0.2) is 0 Å². The molecule has 1 atom stereocenters. The largest absolute Gasteiger partial charge is 0.493 e. The van der Waals surface area contributed by atoms with Gasteiger partial charge in [0.2, 0.25) is 0 Å². The summed E-state index contributed by atoms with van der Waals surface area (Å²) in [6.07, 6.45) is 4.57. The molecule has 0 radical (unpaired) electrons. The predicted molar refractivity (Wildman–Crippen MR) is 133 cm³/mol. The Morgan fingerprint density at radius 2 is 1.53 bits per heavy atom. The third kappa shape index (κ3) is 5.70. The third-order valence-electron chi connectivity index (χ3n) is 6.99. The van der Waals surface area contributed by atoms with Crippen LogP contribution in [0.2, 0.25) is 0 Å². The molecule has 0 aromatic heterocycles. The number of likely N-dealkylation sites (tertiary alicyclic amines) is 1. The first kappa shape index (κ1) is 24.5. The number of rotatable bonds is 10. The monoisotopic (exact) mass is 470 g/mol. The zero-order chi connectivity index (χ0) is 23.9. The van der Waals surface area contributed by atoms with Crippen molar-refractivity contribution in [2.75, 3.05) is 61.2 Å². The van der Waals surface area contributed by atoms with Crippen molar-refractivity contribution in [1.29, 1.82) is 0 Å². The van der Waals surface area contributed by atoms with Gasteiger partial charge in [0, 0.05) is 38.3 Å². The lowest BCUT2D eigenvalue weighted by Crippen LogP contribution is -2.49. The SMILES string of the molecule is COc1ccc(OCCCN2CCC[C@@H](N3CCc4cc(OC)c(OC)cc4C3)C2)cc1OC. The van der Waals surface area contributed by atoms with Crippen molar-refractivity contribution in [2.45, 2.75) is 38.3 Å². The van der Waals surface area contributed by atoms with Gasteiger partial charge in [-0.3, -0.25) is 4.90 Å². The third-order valence-corrected chi connectivity index (χ3v) is 6.99. The maximum absolute atomic E-state index is 5.97. The molecule has 0 saturated carbocycles. The fourth-order valence-electron chi connectivity index (χ4n) is 5.13. The number of nitrogens with zero attached hydrogens (tertiary/aromatic N) is 2. The number of ether oxygens (including phenoxy) is 5. The molecule has 0 unspecified atom stereocenters. The van der Waals surface area contributed by atoms with Gasteiger partial charge in [0.05, 0.1) is 35.0 Å². The molecule has 34 heavy (non-hydrogen) atoms. The highest BCUT2D eigenvalue weighted by molar-refractivity contribution is 5.48. The first-order valence-electron chi connectivity index (χ1n) is 12.2. The second kappa shape index (κ2) is 11.7. The molecular weight excluding hydrogens is 432 g/mol. The second-order valence-electron chi connectivity index (χ2n) is 9.01. The summed E-state index contributed by atoms with van der Waals surface area (Å²) < 4.78 is 27.6. The maximum atomic E-state index is 5.97. The van der Waals surface area contributed by atoms with E-state index >= 15 is 0 Å². The van der Waals surface area contributed by atoms with Crippen LogP contribution in [-0.2, 0) is 13.0 Å². The van der Waals surface area contributed by atoms with E-state index in [-0.39, 0.29) is 0 Å². The van der Waals surface area contributed by atoms with Crippen LogP contribution >= 0.6 is 0 Å². The normalized spacial score (nSPS) is 18.8. The summed E-state index contributed by atoms with van der Waals surface area (Å²) >= 11 is 0. The summed E-state index contributed by atoms with van der Waals surface area (Å²) in [5.41, 5.74) is 2.75. The number of hydrogen-bond donors (Lipinski definition) is 0.